The molecule has 20 heavy (non-hydrogen) atoms. The summed E-state index contributed by atoms with van der Waals surface area (Å²) in [5.74, 6) is -1.08. The highest BCUT2D eigenvalue weighted by atomic mass is 16.5. The number of morpholine rings is 1. The van der Waals surface area contributed by atoms with Gasteiger partial charge in [-0.05, 0) is 13.8 Å². The minimum absolute atomic E-state index is 0.159. The maximum Gasteiger partial charge on any atom is 0.323 e. The molecule has 7 nitrogen and oxygen atoms in total. The predicted molar refractivity (Wildman–Crippen MR) is 72.4 cm³/mol. The number of ether oxygens (including phenoxy) is 1. The van der Waals surface area contributed by atoms with E-state index in [4.69, 9.17) is 9.84 Å². The van der Waals surface area contributed by atoms with Crippen molar-refractivity contribution in [2.24, 2.45) is 0 Å². The number of hydrogen-bond donors (Lipinski definition) is 2. The summed E-state index contributed by atoms with van der Waals surface area (Å²) in [7, 11) is 0. The number of amides is 2. The molecule has 1 saturated heterocycles. The summed E-state index contributed by atoms with van der Waals surface area (Å²) >= 11 is 0. The van der Waals surface area contributed by atoms with Gasteiger partial charge in [-0.15, -0.1) is 6.58 Å². The molecule has 1 fully saturated rings. The maximum atomic E-state index is 12.4. The molecule has 0 aromatic heterocycles. The SMILES string of the molecule is C=CCN(CC(=O)O)C(=O)N1CC(CO)OC(C)(C)C1. The number of hydrogen-bond acceptors (Lipinski definition) is 4. The number of carbonyl (C=O) groups is 2. The molecule has 114 valence electrons. The highest BCUT2D eigenvalue weighted by molar-refractivity contribution is 5.80. The van der Waals surface area contributed by atoms with Crippen LogP contribution in [-0.2, 0) is 9.53 Å². The van der Waals surface area contributed by atoms with Gasteiger partial charge in [-0.2, -0.15) is 0 Å². The Bertz CT molecular complexity index is 383. The van der Waals surface area contributed by atoms with E-state index in [1.54, 1.807) is 0 Å². The van der Waals surface area contributed by atoms with E-state index in [-0.39, 0.29) is 32.3 Å². The summed E-state index contributed by atoms with van der Waals surface area (Å²) in [5, 5.41) is 18.1. The first kappa shape index (κ1) is 16.5. The zero-order valence-corrected chi connectivity index (χ0v) is 11.9. The summed E-state index contributed by atoms with van der Waals surface area (Å²) in [6.07, 6.45) is 1.02. The second-order valence-electron chi connectivity index (χ2n) is 5.41. The van der Waals surface area contributed by atoms with E-state index in [1.165, 1.54) is 15.9 Å². The van der Waals surface area contributed by atoms with Gasteiger partial charge in [0.05, 0.1) is 31.4 Å². The lowest BCUT2D eigenvalue weighted by molar-refractivity contribution is -0.142. The second kappa shape index (κ2) is 6.71. The van der Waals surface area contributed by atoms with E-state index in [1.807, 2.05) is 13.8 Å². The molecule has 0 aliphatic carbocycles. The number of urea groups is 1. The van der Waals surface area contributed by atoms with Crippen LogP contribution in [0.15, 0.2) is 12.7 Å². The zero-order valence-electron chi connectivity index (χ0n) is 11.9. The van der Waals surface area contributed by atoms with Gasteiger partial charge in [0.25, 0.3) is 0 Å². The molecule has 1 heterocycles. The van der Waals surface area contributed by atoms with Crippen molar-refractivity contribution in [1.29, 1.82) is 0 Å². The molecule has 1 unspecified atom stereocenters. The average Bonchev–Trinajstić information content (AvgIpc) is 2.34. The van der Waals surface area contributed by atoms with Gasteiger partial charge in [-0.3, -0.25) is 4.79 Å². The summed E-state index contributed by atoms with van der Waals surface area (Å²) in [6.45, 7) is 7.35. The minimum atomic E-state index is -1.08. The Morgan fingerprint density at radius 3 is 2.70 bits per heavy atom. The van der Waals surface area contributed by atoms with E-state index in [0.29, 0.717) is 6.54 Å². The molecule has 0 radical (unpaired) electrons. The van der Waals surface area contributed by atoms with Crippen LogP contribution in [0.3, 0.4) is 0 Å². The molecule has 0 saturated carbocycles. The number of aliphatic carboxylic acids is 1. The van der Waals surface area contributed by atoms with E-state index in [2.05, 4.69) is 6.58 Å². The van der Waals surface area contributed by atoms with Crippen LogP contribution < -0.4 is 0 Å². The number of nitrogens with zero attached hydrogens (tertiary/aromatic N) is 2. The number of rotatable bonds is 5. The maximum absolute atomic E-state index is 12.4. The lowest BCUT2D eigenvalue weighted by Crippen LogP contribution is -2.58. The summed E-state index contributed by atoms with van der Waals surface area (Å²) in [6, 6.07) is -0.387. The number of carbonyl (C=O) groups excluding carboxylic acids is 1. The van der Waals surface area contributed by atoms with Gasteiger partial charge < -0.3 is 24.7 Å². The Morgan fingerprint density at radius 2 is 2.20 bits per heavy atom. The Kier molecular flexibility index (Phi) is 5.52. The Hall–Kier alpha value is -1.60. The van der Waals surface area contributed by atoms with Crippen molar-refractivity contribution in [1.82, 2.24) is 9.80 Å². The van der Waals surface area contributed by atoms with Crippen molar-refractivity contribution < 1.29 is 24.5 Å². The first-order valence-corrected chi connectivity index (χ1v) is 6.44. The molecule has 2 N–H and O–H groups in total. The largest absolute Gasteiger partial charge is 0.480 e. The normalized spacial score (nSPS) is 21.4. The fraction of sp³-hybridized carbons (Fsp3) is 0.692. The summed E-state index contributed by atoms with van der Waals surface area (Å²) in [4.78, 5) is 25.9. The predicted octanol–water partition coefficient (Wildman–Crippen LogP) is 0.151. The van der Waals surface area contributed by atoms with Crippen LogP contribution in [0.2, 0.25) is 0 Å². The highest BCUT2D eigenvalue weighted by Crippen LogP contribution is 2.21. The first-order valence-electron chi connectivity index (χ1n) is 6.44. The topological polar surface area (TPSA) is 90.3 Å². The van der Waals surface area contributed by atoms with E-state index in [0.717, 1.165) is 0 Å². The van der Waals surface area contributed by atoms with Gasteiger partial charge in [0, 0.05) is 6.54 Å². The van der Waals surface area contributed by atoms with Crippen LogP contribution in [0.25, 0.3) is 0 Å². The van der Waals surface area contributed by atoms with E-state index >= 15 is 0 Å². The van der Waals surface area contributed by atoms with Crippen molar-refractivity contribution in [2.45, 2.75) is 25.6 Å². The van der Waals surface area contributed by atoms with Crippen LogP contribution >= 0.6 is 0 Å². The van der Waals surface area contributed by atoms with Crippen molar-refractivity contribution in [3.63, 3.8) is 0 Å². The molecule has 0 bridgehead atoms. The number of carboxylic acids is 1. The molecule has 1 rings (SSSR count). The fourth-order valence-corrected chi connectivity index (χ4v) is 2.27. The average molecular weight is 286 g/mol. The molecule has 0 spiro atoms. The third-order valence-corrected chi connectivity index (χ3v) is 2.90. The second-order valence-corrected chi connectivity index (χ2v) is 5.41. The Labute approximate surface area is 118 Å². The van der Waals surface area contributed by atoms with E-state index in [9.17, 15) is 14.7 Å². The van der Waals surface area contributed by atoms with Gasteiger partial charge in [0.15, 0.2) is 0 Å². The highest BCUT2D eigenvalue weighted by Gasteiger charge is 2.36. The van der Waals surface area contributed by atoms with Gasteiger partial charge >= 0.3 is 12.0 Å². The van der Waals surface area contributed by atoms with Gasteiger partial charge in [-0.25, -0.2) is 4.79 Å². The van der Waals surface area contributed by atoms with Crippen molar-refractivity contribution >= 4 is 12.0 Å². The molecule has 2 amide bonds. The molecular formula is C13H22N2O5. The van der Waals surface area contributed by atoms with Crippen LogP contribution in [0.4, 0.5) is 4.79 Å². The van der Waals surface area contributed by atoms with Crippen LogP contribution in [0.1, 0.15) is 13.8 Å². The lowest BCUT2D eigenvalue weighted by Gasteiger charge is -2.43. The molecule has 7 heteroatoms. The smallest absolute Gasteiger partial charge is 0.323 e. The van der Waals surface area contributed by atoms with Crippen molar-refractivity contribution in [3.8, 4) is 0 Å². The zero-order chi connectivity index (χ0) is 15.3. The van der Waals surface area contributed by atoms with Crippen molar-refractivity contribution in [3.05, 3.63) is 12.7 Å². The molecule has 1 aliphatic rings. The monoisotopic (exact) mass is 286 g/mol. The number of carboxylic acid groups (broad SMARTS) is 1. The third kappa shape index (κ3) is 4.50. The Balaban J connectivity index is 2.81. The van der Waals surface area contributed by atoms with Gasteiger partial charge in [0.2, 0.25) is 0 Å². The quantitative estimate of drug-likeness (QED) is 0.702. The molecule has 1 atom stereocenters. The van der Waals surface area contributed by atoms with Gasteiger partial charge in [0.1, 0.15) is 6.54 Å². The standard InChI is InChI=1S/C13H22N2O5/c1-4-5-14(7-11(17)18)12(19)15-6-10(8-16)20-13(2,3)9-15/h4,10,16H,1,5-9H2,2-3H3,(H,17,18). The third-order valence-electron chi connectivity index (χ3n) is 2.90. The Morgan fingerprint density at radius 1 is 1.55 bits per heavy atom. The first-order chi connectivity index (χ1) is 9.29. The summed E-state index contributed by atoms with van der Waals surface area (Å²) < 4.78 is 5.63. The molecule has 0 aromatic carbocycles. The number of aliphatic hydroxyl groups is 1. The number of aliphatic hydroxyl groups excluding tert-OH is 1. The molecular weight excluding hydrogens is 264 g/mol. The van der Waals surface area contributed by atoms with Crippen LogP contribution in [0, 0.1) is 0 Å². The summed E-state index contributed by atoms with van der Waals surface area (Å²) in [5.41, 5.74) is -0.579. The van der Waals surface area contributed by atoms with E-state index < -0.39 is 17.7 Å². The fourth-order valence-electron chi connectivity index (χ4n) is 2.27. The molecule has 1 aliphatic heterocycles. The lowest BCUT2D eigenvalue weighted by atomic mass is 10.1. The minimum Gasteiger partial charge on any atom is -0.480 e. The van der Waals surface area contributed by atoms with Crippen LogP contribution in [0.5, 0.6) is 0 Å². The molecule has 0 aromatic rings. The van der Waals surface area contributed by atoms with Crippen molar-refractivity contribution in [2.75, 3.05) is 32.8 Å². The van der Waals surface area contributed by atoms with Gasteiger partial charge in [-0.1, -0.05) is 6.08 Å². The van der Waals surface area contributed by atoms with Crippen LogP contribution in [-0.4, -0.2) is 76.5 Å².